The van der Waals surface area contributed by atoms with Crippen LogP contribution in [-0.4, -0.2) is 33.7 Å². The number of hydrogen-bond donors (Lipinski definition) is 0. The van der Waals surface area contributed by atoms with Crippen LogP contribution in [0.3, 0.4) is 0 Å². The molecule has 1 atom stereocenters. The summed E-state index contributed by atoms with van der Waals surface area (Å²) < 4.78 is 16.2. The molecule has 1 amide bonds. The zero-order valence-electron chi connectivity index (χ0n) is 16.7. The molecule has 0 radical (unpaired) electrons. The first-order valence-corrected chi connectivity index (χ1v) is 8.97. The Balaban J connectivity index is 2.02. The molecule has 0 N–H and O–H groups in total. The molecule has 0 aromatic heterocycles. The second-order valence-electron chi connectivity index (χ2n) is 6.40. The van der Waals surface area contributed by atoms with Crippen LogP contribution in [0.2, 0.25) is 0 Å². The van der Waals surface area contributed by atoms with Gasteiger partial charge in [0, 0.05) is 38.5 Å². The number of carbonyl (C=O) groups is 3. The van der Waals surface area contributed by atoms with Crippen LogP contribution in [0.4, 0.5) is 5.69 Å². The Morgan fingerprint density at radius 2 is 1.68 bits per heavy atom. The average Bonchev–Trinajstić information content (AvgIpc) is 3.14. The first kappa shape index (κ1) is 21.4. The minimum Gasteiger partial charge on any atom is -0.446 e. The molecule has 0 saturated heterocycles. The number of carbonyl (C=O) groups excluding carboxylic acids is 3. The first-order chi connectivity index (χ1) is 14.7. The average molecular weight is 427 g/mol. The summed E-state index contributed by atoms with van der Waals surface area (Å²) in [6, 6.07) is 9.90. The molecule has 0 spiro atoms. The van der Waals surface area contributed by atoms with Gasteiger partial charge in [0.1, 0.15) is 0 Å². The molecule has 1 heterocycles. The van der Waals surface area contributed by atoms with E-state index in [2.05, 4.69) is 5.10 Å². The third-order valence-electron chi connectivity index (χ3n) is 4.07. The van der Waals surface area contributed by atoms with Crippen molar-refractivity contribution >= 4 is 29.4 Å². The zero-order valence-corrected chi connectivity index (χ0v) is 16.7. The van der Waals surface area contributed by atoms with E-state index in [9.17, 15) is 24.5 Å². The molecule has 1 aliphatic heterocycles. The highest BCUT2D eigenvalue weighted by molar-refractivity contribution is 5.96. The van der Waals surface area contributed by atoms with Gasteiger partial charge in [0.05, 0.1) is 10.5 Å². The number of nitrogens with zero attached hydrogens (tertiary/aromatic N) is 3. The van der Waals surface area contributed by atoms with E-state index in [1.165, 1.54) is 63.2 Å². The van der Waals surface area contributed by atoms with Crippen molar-refractivity contribution in [2.24, 2.45) is 5.10 Å². The van der Waals surface area contributed by atoms with Gasteiger partial charge in [-0.15, -0.1) is 5.10 Å². The van der Waals surface area contributed by atoms with Crippen LogP contribution in [-0.2, 0) is 19.1 Å². The van der Waals surface area contributed by atoms with Crippen molar-refractivity contribution in [3.8, 4) is 11.5 Å². The highest BCUT2D eigenvalue weighted by Gasteiger charge is 2.36. The number of nitro groups is 1. The van der Waals surface area contributed by atoms with Gasteiger partial charge in [-0.25, -0.2) is 0 Å². The third-order valence-corrected chi connectivity index (χ3v) is 4.07. The Kier molecular flexibility index (Phi) is 5.95. The number of amides is 1. The Morgan fingerprint density at radius 3 is 2.23 bits per heavy atom. The fourth-order valence-corrected chi connectivity index (χ4v) is 2.83. The summed E-state index contributed by atoms with van der Waals surface area (Å²) in [5.41, 5.74) is 0.489. The predicted molar refractivity (Wildman–Crippen MR) is 105 cm³/mol. The number of rotatable bonds is 5. The second kappa shape index (κ2) is 8.61. The molecule has 1 aliphatic rings. The first-order valence-electron chi connectivity index (χ1n) is 8.97. The van der Waals surface area contributed by atoms with Gasteiger partial charge in [0.15, 0.2) is 11.5 Å². The molecule has 11 heteroatoms. The van der Waals surface area contributed by atoms with Crippen LogP contribution in [0.1, 0.15) is 38.1 Å². The lowest BCUT2D eigenvalue weighted by atomic mass is 10.1. The Morgan fingerprint density at radius 1 is 1.03 bits per heavy atom. The molecule has 3 rings (SSSR count). The van der Waals surface area contributed by atoms with Gasteiger partial charge in [-0.3, -0.25) is 24.5 Å². The molecule has 0 unspecified atom stereocenters. The van der Waals surface area contributed by atoms with Crippen LogP contribution in [0, 0.1) is 10.1 Å². The summed E-state index contributed by atoms with van der Waals surface area (Å²) in [6.07, 6.45) is -1.13. The number of esters is 2. The van der Waals surface area contributed by atoms with E-state index in [1.807, 2.05) is 0 Å². The predicted octanol–water partition coefficient (Wildman–Crippen LogP) is 2.68. The highest BCUT2D eigenvalue weighted by Crippen LogP contribution is 2.41. The molecular weight excluding hydrogens is 410 g/mol. The SMILES string of the molecule is CC(=O)Oc1cccc([C@@H]2OC(c3ccc([N+](=O)[O-])cc3)=NN2C(C)=O)c1OC(C)=O. The van der Waals surface area contributed by atoms with Crippen LogP contribution < -0.4 is 9.47 Å². The molecule has 0 bridgehead atoms. The Bertz CT molecular complexity index is 1090. The van der Waals surface area contributed by atoms with E-state index in [-0.39, 0.29) is 28.6 Å². The zero-order chi connectivity index (χ0) is 22.7. The van der Waals surface area contributed by atoms with E-state index in [0.717, 1.165) is 5.01 Å². The van der Waals surface area contributed by atoms with Gasteiger partial charge in [0.25, 0.3) is 5.69 Å². The van der Waals surface area contributed by atoms with E-state index in [1.54, 1.807) is 0 Å². The van der Waals surface area contributed by atoms with Crippen LogP contribution in [0.15, 0.2) is 47.6 Å². The summed E-state index contributed by atoms with van der Waals surface area (Å²) in [6.45, 7) is 3.62. The monoisotopic (exact) mass is 427 g/mol. The van der Waals surface area contributed by atoms with Gasteiger partial charge < -0.3 is 14.2 Å². The number of hydrogen-bond acceptors (Lipinski definition) is 9. The molecule has 0 saturated carbocycles. The molecule has 0 fully saturated rings. The number of benzene rings is 2. The number of nitro benzene ring substituents is 1. The van der Waals surface area contributed by atoms with Crippen molar-refractivity contribution in [2.75, 3.05) is 0 Å². The lowest BCUT2D eigenvalue weighted by Crippen LogP contribution is -2.26. The fraction of sp³-hybridized carbons (Fsp3) is 0.200. The molecule has 0 aliphatic carbocycles. The van der Waals surface area contributed by atoms with Crippen molar-refractivity contribution in [1.29, 1.82) is 0 Å². The maximum absolute atomic E-state index is 12.2. The van der Waals surface area contributed by atoms with Gasteiger partial charge in [-0.1, -0.05) is 6.07 Å². The van der Waals surface area contributed by atoms with Crippen molar-refractivity contribution in [3.05, 3.63) is 63.7 Å². The minimum absolute atomic E-state index is 0.0294. The van der Waals surface area contributed by atoms with Crippen LogP contribution >= 0.6 is 0 Å². The van der Waals surface area contributed by atoms with Crippen molar-refractivity contribution in [2.45, 2.75) is 27.0 Å². The molecule has 2 aromatic rings. The van der Waals surface area contributed by atoms with E-state index < -0.39 is 29.0 Å². The smallest absolute Gasteiger partial charge is 0.308 e. The summed E-state index contributed by atoms with van der Waals surface area (Å²) in [5, 5.41) is 16.0. The topological polar surface area (TPSA) is 138 Å². The number of para-hydroxylation sites is 1. The quantitative estimate of drug-likeness (QED) is 0.307. The highest BCUT2D eigenvalue weighted by atomic mass is 16.6. The van der Waals surface area contributed by atoms with Crippen molar-refractivity contribution in [1.82, 2.24) is 5.01 Å². The summed E-state index contributed by atoms with van der Waals surface area (Å²) in [7, 11) is 0. The molecule has 2 aromatic carbocycles. The summed E-state index contributed by atoms with van der Waals surface area (Å²) in [4.78, 5) is 45.6. The standard InChI is InChI=1S/C20H17N3O8/c1-11(24)22-20(31-19(21-22)14-7-9-15(10-8-14)23(27)28)16-5-4-6-17(29-12(2)25)18(16)30-13(3)26/h4-10,20H,1-3H3/t20-/m0/s1. The van der Waals surface area contributed by atoms with Crippen molar-refractivity contribution in [3.63, 3.8) is 0 Å². The number of hydrazone groups is 1. The summed E-state index contributed by atoms with van der Waals surface area (Å²) >= 11 is 0. The maximum Gasteiger partial charge on any atom is 0.308 e. The van der Waals surface area contributed by atoms with Crippen molar-refractivity contribution < 1.29 is 33.5 Å². The van der Waals surface area contributed by atoms with E-state index in [4.69, 9.17) is 14.2 Å². The van der Waals surface area contributed by atoms with Crippen LogP contribution in [0.25, 0.3) is 0 Å². The van der Waals surface area contributed by atoms with Gasteiger partial charge in [0.2, 0.25) is 18.0 Å². The molecule has 160 valence electrons. The minimum atomic E-state index is -1.13. The molecule has 11 nitrogen and oxygen atoms in total. The lowest BCUT2D eigenvalue weighted by Gasteiger charge is -2.22. The van der Waals surface area contributed by atoms with Gasteiger partial charge in [-0.05, 0) is 24.3 Å². The maximum atomic E-state index is 12.2. The van der Waals surface area contributed by atoms with Gasteiger partial charge in [-0.2, -0.15) is 5.01 Å². The molecule has 31 heavy (non-hydrogen) atoms. The second-order valence-corrected chi connectivity index (χ2v) is 6.40. The van der Waals surface area contributed by atoms with Gasteiger partial charge >= 0.3 is 11.9 Å². The van der Waals surface area contributed by atoms with E-state index >= 15 is 0 Å². The summed E-state index contributed by atoms with van der Waals surface area (Å²) in [5.74, 6) is -1.89. The van der Waals surface area contributed by atoms with Crippen LogP contribution in [0.5, 0.6) is 11.5 Å². The normalized spacial score (nSPS) is 15.0. The number of non-ortho nitro benzene ring substituents is 1. The fourth-order valence-electron chi connectivity index (χ4n) is 2.83. The third kappa shape index (κ3) is 4.66. The largest absolute Gasteiger partial charge is 0.446 e. The Hall–Kier alpha value is -4.28. The lowest BCUT2D eigenvalue weighted by molar-refractivity contribution is -0.384. The number of ether oxygens (including phenoxy) is 3. The van der Waals surface area contributed by atoms with E-state index in [0.29, 0.717) is 5.56 Å². The molecular formula is C20H17N3O8. The Labute approximate surface area is 176 Å².